The van der Waals surface area contributed by atoms with Crippen LogP contribution in [-0.4, -0.2) is 17.4 Å². The molecule has 0 amide bonds. The average molecular weight is 249 g/mol. The molecule has 0 aliphatic rings. The van der Waals surface area contributed by atoms with Crippen molar-refractivity contribution in [1.82, 2.24) is 0 Å². The molecule has 88 valence electrons. The van der Waals surface area contributed by atoms with E-state index < -0.39 is 5.97 Å². The molecule has 0 unspecified atom stereocenters. The molecule has 0 radical (unpaired) electrons. The Bertz CT molecular complexity index is 477. The van der Waals surface area contributed by atoms with Crippen LogP contribution in [0.25, 0.3) is 0 Å². The van der Waals surface area contributed by atoms with Crippen molar-refractivity contribution in [3.05, 3.63) is 52.2 Å². The fraction of sp³-hybridized carbons (Fsp3) is 0. The number of carbonyl (C=O) groups is 2. The number of nitrogen functional groups attached to an aromatic ring is 1. The molecule has 3 N–H and O–H groups in total. The summed E-state index contributed by atoms with van der Waals surface area (Å²) in [7, 11) is 0. The SMILES string of the molecule is Nc1ccc(C(=O)O)cc1.O=Cc1cccs1. The van der Waals surface area contributed by atoms with E-state index in [4.69, 9.17) is 10.8 Å². The third-order valence-corrected chi connectivity index (χ3v) is 2.61. The lowest BCUT2D eigenvalue weighted by molar-refractivity contribution is 0.0697. The highest BCUT2D eigenvalue weighted by atomic mass is 32.1. The average Bonchev–Trinajstić information content (AvgIpc) is 2.83. The summed E-state index contributed by atoms with van der Waals surface area (Å²) in [5, 5.41) is 10.3. The highest BCUT2D eigenvalue weighted by Gasteiger charge is 1.98. The number of hydrogen-bond donors (Lipinski definition) is 2. The molecule has 0 atom stereocenters. The summed E-state index contributed by atoms with van der Waals surface area (Å²) in [4.78, 5) is 20.9. The summed E-state index contributed by atoms with van der Waals surface area (Å²) >= 11 is 1.45. The van der Waals surface area contributed by atoms with Gasteiger partial charge in [-0.2, -0.15) is 0 Å². The summed E-state index contributed by atoms with van der Waals surface area (Å²) in [5.74, 6) is -0.931. The summed E-state index contributed by atoms with van der Waals surface area (Å²) in [5.41, 5.74) is 6.17. The monoisotopic (exact) mass is 249 g/mol. The maximum atomic E-state index is 10.3. The Morgan fingerprint density at radius 1 is 1.24 bits per heavy atom. The van der Waals surface area contributed by atoms with Crippen molar-refractivity contribution in [2.45, 2.75) is 0 Å². The number of aromatic carboxylic acids is 1. The van der Waals surface area contributed by atoms with Crippen LogP contribution in [0.2, 0.25) is 0 Å². The molecule has 0 fully saturated rings. The second-order valence-corrected chi connectivity index (χ2v) is 4.04. The zero-order valence-electron chi connectivity index (χ0n) is 8.87. The van der Waals surface area contributed by atoms with Gasteiger partial charge in [-0.25, -0.2) is 4.79 Å². The number of aldehydes is 1. The van der Waals surface area contributed by atoms with Gasteiger partial charge in [0.25, 0.3) is 0 Å². The normalized spacial score (nSPS) is 8.94. The lowest BCUT2D eigenvalue weighted by atomic mass is 10.2. The van der Waals surface area contributed by atoms with Gasteiger partial charge in [-0.3, -0.25) is 4.79 Å². The van der Waals surface area contributed by atoms with Crippen LogP contribution < -0.4 is 5.73 Å². The lowest BCUT2D eigenvalue weighted by Crippen LogP contribution is -1.95. The van der Waals surface area contributed by atoms with Gasteiger partial charge in [0.05, 0.1) is 10.4 Å². The maximum absolute atomic E-state index is 10.3. The molecule has 17 heavy (non-hydrogen) atoms. The summed E-state index contributed by atoms with van der Waals surface area (Å²) in [6, 6.07) is 9.70. The highest BCUT2D eigenvalue weighted by Crippen LogP contribution is 2.04. The molecule has 2 rings (SSSR count). The topological polar surface area (TPSA) is 80.4 Å². The van der Waals surface area contributed by atoms with E-state index in [1.807, 2.05) is 11.4 Å². The van der Waals surface area contributed by atoms with Crippen LogP contribution in [0.1, 0.15) is 20.0 Å². The molecule has 2 aromatic rings. The Kier molecular flexibility index (Phi) is 4.90. The van der Waals surface area contributed by atoms with Crippen molar-refractivity contribution in [3.8, 4) is 0 Å². The fourth-order valence-electron chi connectivity index (χ4n) is 0.984. The number of thiophene rings is 1. The predicted octanol–water partition coefficient (Wildman–Crippen LogP) is 2.53. The van der Waals surface area contributed by atoms with Gasteiger partial charge < -0.3 is 10.8 Å². The standard InChI is InChI=1S/C7H7NO2.C5H4OS/c8-6-3-1-5(2-4-6)7(9)10;6-4-5-2-1-3-7-5/h1-4H,8H2,(H,9,10);1-4H. The second kappa shape index (κ2) is 6.44. The molecule has 5 heteroatoms. The van der Waals surface area contributed by atoms with Gasteiger partial charge in [-0.15, -0.1) is 11.3 Å². The van der Waals surface area contributed by atoms with Gasteiger partial charge in [0.15, 0.2) is 6.29 Å². The number of nitrogens with two attached hydrogens (primary N) is 1. The van der Waals surface area contributed by atoms with E-state index in [9.17, 15) is 9.59 Å². The minimum Gasteiger partial charge on any atom is -0.478 e. The quantitative estimate of drug-likeness (QED) is 0.633. The van der Waals surface area contributed by atoms with Crippen LogP contribution >= 0.6 is 11.3 Å². The number of rotatable bonds is 2. The van der Waals surface area contributed by atoms with Crippen molar-refractivity contribution < 1.29 is 14.7 Å². The largest absolute Gasteiger partial charge is 0.478 e. The van der Waals surface area contributed by atoms with Gasteiger partial charge in [0, 0.05) is 5.69 Å². The Hall–Kier alpha value is -2.14. The first-order valence-corrected chi connectivity index (χ1v) is 5.59. The number of carboxylic acid groups (broad SMARTS) is 1. The van der Waals surface area contributed by atoms with E-state index in [1.165, 1.54) is 23.5 Å². The van der Waals surface area contributed by atoms with E-state index >= 15 is 0 Å². The van der Waals surface area contributed by atoms with Crippen molar-refractivity contribution in [1.29, 1.82) is 0 Å². The molecule has 0 aliphatic heterocycles. The number of carbonyl (C=O) groups excluding carboxylic acids is 1. The number of carboxylic acids is 1. The van der Waals surface area contributed by atoms with Crippen LogP contribution in [0.3, 0.4) is 0 Å². The van der Waals surface area contributed by atoms with Gasteiger partial charge in [-0.1, -0.05) is 6.07 Å². The van der Waals surface area contributed by atoms with E-state index in [0.717, 1.165) is 11.2 Å². The first-order chi connectivity index (χ1) is 8.13. The molecule has 1 aromatic heterocycles. The van der Waals surface area contributed by atoms with Gasteiger partial charge in [-0.05, 0) is 35.7 Å². The second-order valence-electron chi connectivity index (χ2n) is 3.06. The lowest BCUT2D eigenvalue weighted by Gasteiger charge is -1.93. The third-order valence-electron chi connectivity index (χ3n) is 1.82. The summed E-state index contributed by atoms with van der Waals surface area (Å²) in [6.45, 7) is 0. The molecule has 0 bridgehead atoms. The van der Waals surface area contributed by atoms with Gasteiger partial charge >= 0.3 is 5.97 Å². The van der Waals surface area contributed by atoms with E-state index in [0.29, 0.717) is 5.69 Å². The predicted molar refractivity (Wildman–Crippen MR) is 67.5 cm³/mol. The molecule has 0 spiro atoms. The number of benzene rings is 1. The summed E-state index contributed by atoms with van der Waals surface area (Å²) in [6.07, 6.45) is 0.852. The van der Waals surface area contributed by atoms with Crippen LogP contribution in [0, 0.1) is 0 Å². The van der Waals surface area contributed by atoms with E-state index in [2.05, 4.69) is 0 Å². The maximum Gasteiger partial charge on any atom is 0.335 e. The van der Waals surface area contributed by atoms with Crippen LogP contribution in [0.5, 0.6) is 0 Å². The minimum atomic E-state index is -0.931. The first kappa shape index (κ1) is 12.9. The molecular weight excluding hydrogens is 238 g/mol. The fourth-order valence-corrected chi connectivity index (χ4v) is 1.51. The summed E-state index contributed by atoms with van der Waals surface area (Å²) < 4.78 is 0. The van der Waals surface area contributed by atoms with Crippen LogP contribution in [0.4, 0.5) is 5.69 Å². The molecule has 1 aromatic carbocycles. The molecular formula is C12H11NO3S. The van der Waals surface area contributed by atoms with Crippen molar-refractivity contribution >= 4 is 29.3 Å². The smallest absolute Gasteiger partial charge is 0.335 e. The Morgan fingerprint density at radius 2 is 1.88 bits per heavy atom. The number of hydrogen-bond acceptors (Lipinski definition) is 4. The van der Waals surface area contributed by atoms with Gasteiger partial charge in [0.1, 0.15) is 0 Å². The Balaban J connectivity index is 0.000000181. The van der Waals surface area contributed by atoms with Crippen LogP contribution in [0.15, 0.2) is 41.8 Å². The molecule has 0 saturated heterocycles. The zero-order chi connectivity index (χ0) is 12.7. The van der Waals surface area contributed by atoms with E-state index in [1.54, 1.807) is 18.2 Å². The first-order valence-electron chi connectivity index (χ1n) is 4.71. The number of anilines is 1. The molecule has 0 aliphatic carbocycles. The van der Waals surface area contributed by atoms with Crippen molar-refractivity contribution in [2.75, 3.05) is 5.73 Å². The molecule has 0 saturated carbocycles. The highest BCUT2D eigenvalue weighted by molar-refractivity contribution is 7.11. The van der Waals surface area contributed by atoms with E-state index in [-0.39, 0.29) is 5.56 Å². The third kappa shape index (κ3) is 4.48. The minimum absolute atomic E-state index is 0.259. The zero-order valence-corrected chi connectivity index (χ0v) is 9.68. The van der Waals surface area contributed by atoms with Crippen molar-refractivity contribution in [2.24, 2.45) is 0 Å². The molecule has 4 nitrogen and oxygen atoms in total. The Morgan fingerprint density at radius 3 is 2.24 bits per heavy atom. The van der Waals surface area contributed by atoms with Gasteiger partial charge in [0.2, 0.25) is 0 Å². The molecule has 1 heterocycles. The Labute approximate surface area is 102 Å². The van der Waals surface area contributed by atoms with Crippen molar-refractivity contribution in [3.63, 3.8) is 0 Å². The van der Waals surface area contributed by atoms with Crippen LogP contribution in [-0.2, 0) is 0 Å².